The number of rotatable bonds is 5. The highest BCUT2D eigenvalue weighted by Gasteiger charge is 2.03. The van der Waals surface area contributed by atoms with Gasteiger partial charge in [0.25, 0.3) is 0 Å². The van der Waals surface area contributed by atoms with E-state index in [9.17, 15) is 4.39 Å². The van der Waals surface area contributed by atoms with Crippen molar-refractivity contribution in [3.05, 3.63) is 29.6 Å². The summed E-state index contributed by atoms with van der Waals surface area (Å²) >= 11 is 0. The van der Waals surface area contributed by atoms with Gasteiger partial charge in [-0.3, -0.25) is 0 Å². The molecule has 0 unspecified atom stereocenters. The molecule has 0 bridgehead atoms. The topological polar surface area (TPSA) is 21.3 Å². The summed E-state index contributed by atoms with van der Waals surface area (Å²) in [6.45, 7) is 5.93. The molecule has 1 N–H and O–H groups in total. The third-order valence-corrected chi connectivity index (χ3v) is 1.88. The van der Waals surface area contributed by atoms with Crippen LogP contribution in [0.15, 0.2) is 18.2 Å². The third kappa shape index (κ3) is 3.00. The quantitative estimate of drug-likeness (QED) is 0.782. The number of ether oxygens (including phenoxy) is 1. The van der Waals surface area contributed by atoms with Gasteiger partial charge in [-0.25, -0.2) is 4.39 Å². The van der Waals surface area contributed by atoms with Crippen LogP contribution in [0.3, 0.4) is 0 Å². The molecule has 1 aromatic rings. The van der Waals surface area contributed by atoms with E-state index >= 15 is 0 Å². The molecule has 0 spiro atoms. The molecule has 0 aliphatic heterocycles. The monoisotopic (exact) mass is 197 g/mol. The van der Waals surface area contributed by atoms with Crippen molar-refractivity contribution in [2.24, 2.45) is 0 Å². The van der Waals surface area contributed by atoms with Gasteiger partial charge in [-0.05, 0) is 31.2 Å². The molecule has 0 saturated heterocycles. The average molecular weight is 197 g/mol. The van der Waals surface area contributed by atoms with Gasteiger partial charge in [0.05, 0.1) is 6.61 Å². The second-order valence-corrected chi connectivity index (χ2v) is 2.98. The Hall–Kier alpha value is -1.09. The van der Waals surface area contributed by atoms with E-state index in [-0.39, 0.29) is 5.82 Å². The average Bonchev–Trinajstić information content (AvgIpc) is 2.19. The lowest BCUT2D eigenvalue weighted by Gasteiger charge is -2.06. The second kappa shape index (κ2) is 5.60. The predicted molar refractivity (Wildman–Crippen MR) is 54.9 cm³/mol. The molecule has 1 rings (SSSR count). The lowest BCUT2D eigenvalue weighted by Crippen LogP contribution is -2.11. The van der Waals surface area contributed by atoms with Crippen LogP contribution in [0, 0.1) is 5.82 Å². The van der Waals surface area contributed by atoms with E-state index in [1.54, 1.807) is 6.07 Å². The fraction of sp³-hybridized carbons (Fsp3) is 0.455. The summed E-state index contributed by atoms with van der Waals surface area (Å²) in [5.41, 5.74) is 0.938. The minimum absolute atomic E-state index is 0.290. The molecule has 0 aliphatic carbocycles. The van der Waals surface area contributed by atoms with Gasteiger partial charge >= 0.3 is 0 Å². The lowest BCUT2D eigenvalue weighted by molar-refractivity contribution is 0.321. The molecule has 0 amide bonds. The van der Waals surface area contributed by atoms with E-state index in [1.807, 2.05) is 19.9 Å². The van der Waals surface area contributed by atoms with Gasteiger partial charge in [0, 0.05) is 6.54 Å². The summed E-state index contributed by atoms with van der Waals surface area (Å²) in [7, 11) is 0. The first-order valence-electron chi connectivity index (χ1n) is 4.89. The van der Waals surface area contributed by atoms with Crippen molar-refractivity contribution in [1.82, 2.24) is 5.32 Å². The van der Waals surface area contributed by atoms with Crippen molar-refractivity contribution in [2.45, 2.75) is 20.4 Å². The van der Waals surface area contributed by atoms with Crippen LogP contribution in [0.4, 0.5) is 4.39 Å². The number of hydrogen-bond acceptors (Lipinski definition) is 2. The normalized spacial score (nSPS) is 10.2. The zero-order chi connectivity index (χ0) is 10.4. The maximum absolute atomic E-state index is 13.3. The number of benzene rings is 1. The van der Waals surface area contributed by atoms with Crippen molar-refractivity contribution in [3.8, 4) is 5.75 Å². The van der Waals surface area contributed by atoms with Gasteiger partial charge in [-0.1, -0.05) is 13.0 Å². The molecule has 0 atom stereocenters. The molecule has 2 nitrogen and oxygen atoms in total. The molecular weight excluding hydrogens is 181 g/mol. The summed E-state index contributed by atoms with van der Waals surface area (Å²) in [5.74, 6) is 0.0370. The molecule has 3 heteroatoms. The highest BCUT2D eigenvalue weighted by Crippen LogP contribution is 2.18. The molecule has 0 heterocycles. The van der Waals surface area contributed by atoms with Crippen LogP contribution >= 0.6 is 0 Å². The van der Waals surface area contributed by atoms with E-state index in [1.165, 1.54) is 6.07 Å². The highest BCUT2D eigenvalue weighted by atomic mass is 19.1. The van der Waals surface area contributed by atoms with E-state index < -0.39 is 0 Å². The van der Waals surface area contributed by atoms with Gasteiger partial charge in [-0.2, -0.15) is 0 Å². The zero-order valence-corrected chi connectivity index (χ0v) is 8.64. The van der Waals surface area contributed by atoms with E-state index in [4.69, 9.17) is 4.74 Å². The Labute approximate surface area is 84.1 Å². The van der Waals surface area contributed by atoms with Crippen molar-refractivity contribution in [1.29, 1.82) is 0 Å². The van der Waals surface area contributed by atoms with Crippen molar-refractivity contribution in [2.75, 3.05) is 13.2 Å². The van der Waals surface area contributed by atoms with E-state index in [0.717, 1.165) is 12.1 Å². The number of nitrogens with one attached hydrogen (secondary N) is 1. The van der Waals surface area contributed by atoms with Crippen LogP contribution in [0.2, 0.25) is 0 Å². The standard InChI is InChI=1S/C11H16FNO/c1-3-13-8-9-5-6-11(14-4-2)10(12)7-9/h5-7,13H,3-4,8H2,1-2H3. The molecular formula is C11H16FNO. The minimum atomic E-state index is -0.290. The van der Waals surface area contributed by atoms with Gasteiger partial charge < -0.3 is 10.1 Å². The molecule has 14 heavy (non-hydrogen) atoms. The molecule has 1 aromatic carbocycles. The first kappa shape index (κ1) is 11.0. The van der Waals surface area contributed by atoms with Crippen LogP contribution in [-0.2, 0) is 6.54 Å². The Bertz CT molecular complexity index is 289. The van der Waals surface area contributed by atoms with Gasteiger partial charge in [0.1, 0.15) is 0 Å². The second-order valence-electron chi connectivity index (χ2n) is 2.98. The van der Waals surface area contributed by atoms with Gasteiger partial charge in [-0.15, -0.1) is 0 Å². The van der Waals surface area contributed by atoms with Gasteiger partial charge in [0.15, 0.2) is 11.6 Å². The summed E-state index contributed by atoms with van der Waals surface area (Å²) in [4.78, 5) is 0. The summed E-state index contributed by atoms with van der Waals surface area (Å²) in [5, 5.41) is 3.14. The first-order chi connectivity index (χ1) is 6.77. The Morgan fingerprint density at radius 2 is 2.14 bits per heavy atom. The van der Waals surface area contributed by atoms with Crippen LogP contribution in [0.5, 0.6) is 5.75 Å². The molecule has 0 radical (unpaired) electrons. The fourth-order valence-corrected chi connectivity index (χ4v) is 1.20. The van der Waals surface area contributed by atoms with Crippen molar-refractivity contribution in [3.63, 3.8) is 0 Å². The fourth-order valence-electron chi connectivity index (χ4n) is 1.20. The van der Waals surface area contributed by atoms with Gasteiger partial charge in [0.2, 0.25) is 0 Å². The largest absolute Gasteiger partial charge is 0.491 e. The van der Waals surface area contributed by atoms with Crippen LogP contribution in [-0.4, -0.2) is 13.2 Å². The number of hydrogen-bond donors (Lipinski definition) is 1. The Balaban J connectivity index is 2.68. The van der Waals surface area contributed by atoms with Crippen LogP contribution in [0.25, 0.3) is 0 Å². The summed E-state index contributed by atoms with van der Waals surface area (Å²) < 4.78 is 18.4. The van der Waals surface area contributed by atoms with E-state index in [2.05, 4.69) is 5.32 Å². The third-order valence-electron chi connectivity index (χ3n) is 1.88. The van der Waals surface area contributed by atoms with Crippen LogP contribution < -0.4 is 10.1 Å². The minimum Gasteiger partial charge on any atom is -0.491 e. The van der Waals surface area contributed by atoms with Crippen LogP contribution in [0.1, 0.15) is 19.4 Å². The molecule has 0 fully saturated rings. The predicted octanol–water partition coefficient (Wildman–Crippen LogP) is 2.33. The maximum atomic E-state index is 13.3. The summed E-state index contributed by atoms with van der Waals surface area (Å²) in [6.07, 6.45) is 0. The van der Waals surface area contributed by atoms with Crippen molar-refractivity contribution < 1.29 is 9.13 Å². The molecule has 0 aromatic heterocycles. The Morgan fingerprint density at radius 1 is 1.36 bits per heavy atom. The molecule has 0 aliphatic rings. The highest BCUT2D eigenvalue weighted by molar-refractivity contribution is 5.29. The smallest absolute Gasteiger partial charge is 0.165 e. The first-order valence-corrected chi connectivity index (χ1v) is 4.89. The zero-order valence-electron chi connectivity index (χ0n) is 8.64. The summed E-state index contributed by atoms with van der Waals surface area (Å²) in [6, 6.07) is 5.05. The number of halogens is 1. The van der Waals surface area contributed by atoms with Crippen molar-refractivity contribution >= 4 is 0 Å². The molecule has 0 saturated carbocycles. The SMILES string of the molecule is CCNCc1ccc(OCC)c(F)c1. The Kier molecular flexibility index (Phi) is 4.40. The Morgan fingerprint density at radius 3 is 2.71 bits per heavy atom. The molecule has 78 valence electrons. The van der Waals surface area contributed by atoms with E-state index in [0.29, 0.717) is 18.9 Å². The lowest BCUT2D eigenvalue weighted by atomic mass is 10.2. The maximum Gasteiger partial charge on any atom is 0.165 e.